The molecule has 1 heterocycles. The van der Waals surface area contributed by atoms with Crippen LogP contribution in [0.2, 0.25) is 0 Å². The number of methoxy groups -OCH3 is 1. The lowest BCUT2D eigenvalue weighted by atomic mass is 10.3. The van der Waals surface area contributed by atoms with Gasteiger partial charge < -0.3 is 4.74 Å². The lowest BCUT2D eigenvalue weighted by Crippen LogP contribution is -2.23. The number of carbonyl (C=O) groups excluding carboxylic acids is 1. The van der Waals surface area contributed by atoms with Crippen molar-refractivity contribution in [1.82, 2.24) is 9.97 Å². The van der Waals surface area contributed by atoms with Gasteiger partial charge in [-0.25, -0.2) is 18.4 Å². The Bertz CT molecular complexity index is 515. The topological polar surface area (TPSA) is 86.2 Å². The summed E-state index contributed by atoms with van der Waals surface area (Å²) < 4.78 is 27.6. The lowest BCUT2D eigenvalue weighted by Gasteiger charge is -2.12. The van der Waals surface area contributed by atoms with Gasteiger partial charge in [0.1, 0.15) is 0 Å². The number of hydrogen-bond acceptors (Lipinski definition) is 7. The highest BCUT2D eigenvalue weighted by Gasteiger charge is 2.33. The molecule has 0 saturated carbocycles. The molecule has 1 aromatic rings. The van der Waals surface area contributed by atoms with Crippen LogP contribution in [0.5, 0.6) is 0 Å². The van der Waals surface area contributed by atoms with E-state index in [1.54, 1.807) is 6.26 Å². The number of esters is 1. The second-order valence-corrected chi connectivity index (χ2v) is 6.10. The smallest absolute Gasteiger partial charge is 0.330 e. The summed E-state index contributed by atoms with van der Waals surface area (Å²) in [4.78, 5) is 19.4. The average Bonchev–Trinajstić information content (AvgIpc) is 2.27. The zero-order valence-corrected chi connectivity index (χ0v) is 11.2. The molecule has 1 aromatic heterocycles. The van der Waals surface area contributed by atoms with E-state index in [0.717, 1.165) is 13.4 Å². The molecule has 17 heavy (non-hydrogen) atoms. The summed E-state index contributed by atoms with van der Waals surface area (Å²) in [6.07, 6.45) is 4.14. The van der Waals surface area contributed by atoms with Crippen molar-refractivity contribution < 1.29 is 17.9 Å². The Hall–Kier alpha value is -1.15. The van der Waals surface area contributed by atoms with Crippen molar-refractivity contribution in [1.29, 1.82) is 0 Å². The van der Waals surface area contributed by atoms with Crippen molar-refractivity contribution in [2.45, 2.75) is 10.4 Å². The molecule has 0 bridgehead atoms. The maximum atomic E-state index is 11.6. The van der Waals surface area contributed by atoms with Gasteiger partial charge in [-0.2, -0.15) is 0 Å². The van der Waals surface area contributed by atoms with Crippen LogP contribution in [0, 0.1) is 0 Å². The van der Waals surface area contributed by atoms with Crippen molar-refractivity contribution in [3.05, 3.63) is 18.0 Å². The van der Waals surface area contributed by atoms with E-state index in [1.165, 1.54) is 24.0 Å². The van der Waals surface area contributed by atoms with E-state index in [2.05, 4.69) is 14.7 Å². The molecule has 94 valence electrons. The first-order valence-corrected chi connectivity index (χ1v) is 7.71. The monoisotopic (exact) mass is 276 g/mol. The maximum absolute atomic E-state index is 11.6. The summed E-state index contributed by atoms with van der Waals surface area (Å²) in [5.41, 5.74) is 0.124. The minimum atomic E-state index is -3.63. The second-order valence-electron chi connectivity index (χ2n) is 3.20. The van der Waals surface area contributed by atoms with Crippen molar-refractivity contribution in [3.8, 4) is 0 Å². The lowest BCUT2D eigenvalue weighted by molar-refractivity contribution is -0.140. The molecule has 1 atom stereocenters. The number of hydrogen-bond donors (Lipinski definition) is 0. The van der Waals surface area contributed by atoms with Crippen molar-refractivity contribution in [3.63, 3.8) is 0 Å². The van der Waals surface area contributed by atoms with E-state index in [0.29, 0.717) is 5.16 Å². The van der Waals surface area contributed by atoms with E-state index in [4.69, 9.17) is 0 Å². The highest BCUT2D eigenvalue weighted by atomic mass is 32.2. The Morgan fingerprint density at radius 3 is 2.65 bits per heavy atom. The Morgan fingerprint density at radius 1 is 1.53 bits per heavy atom. The van der Waals surface area contributed by atoms with Crippen molar-refractivity contribution in [2.24, 2.45) is 0 Å². The summed E-state index contributed by atoms with van der Waals surface area (Å²) in [5.74, 6) is -0.849. The number of rotatable bonds is 4. The van der Waals surface area contributed by atoms with Gasteiger partial charge in [-0.15, -0.1) is 0 Å². The molecule has 0 saturated heterocycles. The number of nitrogens with zero attached hydrogens (tertiary/aromatic N) is 2. The quantitative estimate of drug-likeness (QED) is 0.448. The zero-order chi connectivity index (χ0) is 13.1. The SMILES string of the molecule is COC(=O)C(c1ccnc(SC)n1)S(C)(=O)=O. The minimum absolute atomic E-state index is 0.124. The van der Waals surface area contributed by atoms with Gasteiger partial charge >= 0.3 is 5.97 Å². The standard InChI is InChI=1S/C9H12N2O4S2/c1-15-8(12)7(17(3,13)14)6-4-5-10-9(11-6)16-2/h4-5,7H,1-3H3. The third-order valence-corrected chi connectivity index (χ3v) is 3.80. The number of aromatic nitrogens is 2. The minimum Gasteiger partial charge on any atom is -0.468 e. The number of ether oxygens (including phenoxy) is 1. The number of sulfone groups is 1. The highest BCUT2D eigenvalue weighted by molar-refractivity contribution is 7.98. The van der Waals surface area contributed by atoms with E-state index in [1.807, 2.05) is 0 Å². The van der Waals surface area contributed by atoms with Crippen LogP contribution >= 0.6 is 11.8 Å². The summed E-state index contributed by atoms with van der Waals surface area (Å²) in [6.45, 7) is 0. The first kappa shape index (κ1) is 13.9. The molecule has 0 fully saturated rings. The molecular weight excluding hydrogens is 264 g/mol. The van der Waals surface area contributed by atoms with Gasteiger partial charge in [0, 0.05) is 12.5 Å². The van der Waals surface area contributed by atoms with Gasteiger partial charge in [-0.05, 0) is 12.3 Å². The molecule has 0 aliphatic heterocycles. The molecular formula is C9H12N2O4S2. The summed E-state index contributed by atoms with van der Waals surface area (Å²) in [6, 6.07) is 1.39. The number of thioether (sulfide) groups is 1. The molecule has 0 spiro atoms. The van der Waals surface area contributed by atoms with Crippen LogP contribution in [0.15, 0.2) is 17.4 Å². The Labute approximate surface area is 104 Å². The van der Waals surface area contributed by atoms with Crippen molar-refractivity contribution >= 4 is 27.6 Å². The second kappa shape index (κ2) is 5.46. The Morgan fingerprint density at radius 2 is 2.18 bits per heavy atom. The van der Waals surface area contributed by atoms with Gasteiger partial charge in [0.05, 0.1) is 12.8 Å². The van der Waals surface area contributed by atoms with Gasteiger partial charge in [0.15, 0.2) is 20.2 Å². The van der Waals surface area contributed by atoms with Gasteiger partial charge in [0.25, 0.3) is 0 Å². The van der Waals surface area contributed by atoms with Crippen molar-refractivity contribution in [2.75, 3.05) is 19.6 Å². The molecule has 0 aliphatic carbocycles. The predicted molar refractivity (Wildman–Crippen MR) is 63.4 cm³/mol. The summed E-state index contributed by atoms with van der Waals surface area (Å²) in [7, 11) is -2.49. The Kier molecular flexibility index (Phi) is 4.47. The summed E-state index contributed by atoms with van der Waals surface area (Å²) in [5, 5.41) is -0.999. The fourth-order valence-corrected chi connectivity index (χ4v) is 2.60. The van der Waals surface area contributed by atoms with E-state index in [-0.39, 0.29) is 5.69 Å². The van der Waals surface area contributed by atoms with E-state index < -0.39 is 21.1 Å². The van der Waals surface area contributed by atoms with Crippen LogP contribution < -0.4 is 0 Å². The molecule has 0 radical (unpaired) electrons. The van der Waals surface area contributed by atoms with Gasteiger partial charge in [0.2, 0.25) is 0 Å². The molecule has 0 amide bonds. The number of carbonyl (C=O) groups is 1. The van der Waals surface area contributed by atoms with Crippen LogP contribution in [0.1, 0.15) is 10.9 Å². The fourth-order valence-electron chi connectivity index (χ4n) is 1.22. The van der Waals surface area contributed by atoms with Crippen LogP contribution in [-0.4, -0.2) is 44.0 Å². The molecule has 8 heteroatoms. The zero-order valence-electron chi connectivity index (χ0n) is 9.58. The summed E-state index contributed by atoms with van der Waals surface area (Å²) >= 11 is 1.26. The van der Waals surface area contributed by atoms with Gasteiger partial charge in [-0.3, -0.25) is 4.79 Å². The maximum Gasteiger partial charge on any atom is 0.330 e. The molecule has 6 nitrogen and oxygen atoms in total. The molecule has 1 rings (SSSR count). The first-order valence-electron chi connectivity index (χ1n) is 4.53. The van der Waals surface area contributed by atoms with E-state index >= 15 is 0 Å². The third-order valence-electron chi connectivity index (χ3n) is 1.95. The highest BCUT2D eigenvalue weighted by Crippen LogP contribution is 2.22. The molecule has 0 N–H and O–H groups in total. The molecule has 1 unspecified atom stereocenters. The molecule has 0 aliphatic rings. The van der Waals surface area contributed by atoms with Crippen LogP contribution in [-0.2, 0) is 19.4 Å². The first-order chi connectivity index (χ1) is 7.90. The molecule has 0 aromatic carbocycles. The van der Waals surface area contributed by atoms with Crippen LogP contribution in [0.25, 0.3) is 0 Å². The Balaban J connectivity index is 3.27. The fraction of sp³-hybridized carbons (Fsp3) is 0.444. The van der Waals surface area contributed by atoms with Gasteiger partial charge in [-0.1, -0.05) is 11.8 Å². The third kappa shape index (κ3) is 3.40. The largest absolute Gasteiger partial charge is 0.468 e. The van der Waals surface area contributed by atoms with E-state index in [9.17, 15) is 13.2 Å². The average molecular weight is 276 g/mol. The normalized spacial score (nSPS) is 13.1. The van der Waals surface area contributed by atoms with Crippen LogP contribution in [0.3, 0.4) is 0 Å². The van der Waals surface area contributed by atoms with Crippen LogP contribution in [0.4, 0.5) is 0 Å². The predicted octanol–water partition coefficient (Wildman–Crippen LogP) is 0.457.